The number of nitrogens with one attached hydrogen (secondary N) is 1. The molecule has 7 nitrogen and oxygen atoms in total. The molecule has 0 aromatic heterocycles. The lowest BCUT2D eigenvalue weighted by Crippen LogP contribution is -2.31. The van der Waals surface area contributed by atoms with Gasteiger partial charge >= 0.3 is 5.97 Å². The highest BCUT2D eigenvalue weighted by Gasteiger charge is 2.10. The first-order chi connectivity index (χ1) is 26.1. The molecule has 0 spiro atoms. The molecule has 0 aliphatic rings. The van der Waals surface area contributed by atoms with Gasteiger partial charge in [-0.05, 0) is 57.7 Å². The van der Waals surface area contributed by atoms with Gasteiger partial charge in [0.1, 0.15) is 0 Å². The Morgan fingerprint density at radius 2 is 0.943 bits per heavy atom. The fraction of sp³-hybridized carbons (Fsp3) is 0.957. The summed E-state index contributed by atoms with van der Waals surface area (Å²) in [5, 5.41) is 0. The average molecular weight is 751 g/mol. The Kier molecular flexibility index (Phi) is 42.3. The Morgan fingerprint density at radius 1 is 0.547 bits per heavy atom. The fourth-order valence-corrected chi connectivity index (χ4v) is 7.58. The van der Waals surface area contributed by atoms with Crippen LogP contribution in [0, 0.1) is 5.92 Å². The molecule has 0 radical (unpaired) electrons. The summed E-state index contributed by atoms with van der Waals surface area (Å²) in [6.07, 6.45) is 44.3. The van der Waals surface area contributed by atoms with E-state index in [0.717, 1.165) is 44.7 Å². The van der Waals surface area contributed by atoms with Crippen LogP contribution >= 0.6 is 0 Å². The number of unbranched alkanes of at least 4 members (excludes halogenated alkanes) is 24. The Bertz CT molecular complexity index is 749. The third kappa shape index (κ3) is 40.1. The molecule has 0 unspecified atom stereocenters. The fourth-order valence-electron chi connectivity index (χ4n) is 7.58. The van der Waals surface area contributed by atoms with Crippen LogP contribution in [0.2, 0.25) is 0 Å². The second-order valence-corrected chi connectivity index (χ2v) is 16.2. The first kappa shape index (κ1) is 51.7. The van der Waals surface area contributed by atoms with Gasteiger partial charge in [-0.2, -0.15) is 0 Å². The van der Waals surface area contributed by atoms with Gasteiger partial charge in [0.15, 0.2) is 0 Å². The van der Waals surface area contributed by atoms with Gasteiger partial charge in [0.25, 0.3) is 0 Å². The molecule has 0 atom stereocenters. The predicted molar refractivity (Wildman–Crippen MR) is 232 cm³/mol. The molecule has 7 heteroatoms. The zero-order valence-electron chi connectivity index (χ0n) is 36.4. The number of rotatable bonds is 43. The van der Waals surface area contributed by atoms with Crippen molar-refractivity contribution in [3.05, 3.63) is 0 Å². The lowest BCUT2D eigenvalue weighted by atomic mass is 9.89. The maximum atomic E-state index is 12.1. The van der Waals surface area contributed by atoms with E-state index in [1.54, 1.807) is 7.11 Å². The van der Waals surface area contributed by atoms with Gasteiger partial charge in [-0.1, -0.05) is 201 Å². The van der Waals surface area contributed by atoms with Crippen LogP contribution in [0.1, 0.15) is 239 Å². The summed E-state index contributed by atoms with van der Waals surface area (Å²) in [6, 6.07) is 0. The molecule has 316 valence electrons. The van der Waals surface area contributed by atoms with Crippen molar-refractivity contribution < 1.29 is 14.4 Å². The summed E-state index contributed by atoms with van der Waals surface area (Å²) in [4.78, 5) is 24.0. The van der Waals surface area contributed by atoms with Crippen LogP contribution in [-0.4, -0.2) is 56.7 Å². The maximum absolute atomic E-state index is 12.1. The molecule has 0 aromatic carbocycles. The molecule has 53 heavy (non-hydrogen) atoms. The summed E-state index contributed by atoms with van der Waals surface area (Å²) in [5.41, 5.74) is 8.44. The zero-order chi connectivity index (χ0) is 38.7. The molecule has 0 bridgehead atoms. The first-order valence-corrected chi connectivity index (χ1v) is 23.5. The molecule has 0 aromatic rings. The molecule has 0 saturated carbocycles. The highest BCUT2D eigenvalue weighted by atomic mass is 16.6. The Balaban J connectivity index is 4.33. The SMILES string of the molecule is CCCCCCCCCOC(=O)CCCCCCCN(CCCCCCCC(CCCCCCCC)CCCCCCCC)CCCN=C(N)NOC. The largest absolute Gasteiger partial charge is 0.466 e. The van der Waals surface area contributed by atoms with E-state index >= 15 is 0 Å². The van der Waals surface area contributed by atoms with Crippen LogP contribution in [0.15, 0.2) is 4.99 Å². The van der Waals surface area contributed by atoms with E-state index in [0.29, 0.717) is 25.5 Å². The average Bonchev–Trinajstić information content (AvgIpc) is 3.15. The predicted octanol–water partition coefficient (Wildman–Crippen LogP) is 13.2. The first-order valence-electron chi connectivity index (χ1n) is 23.5. The van der Waals surface area contributed by atoms with E-state index in [4.69, 9.17) is 15.3 Å². The van der Waals surface area contributed by atoms with Crippen molar-refractivity contribution in [3.63, 3.8) is 0 Å². The van der Waals surface area contributed by atoms with Gasteiger partial charge in [-0.3, -0.25) is 14.6 Å². The molecule has 0 rings (SSSR count). The lowest BCUT2D eigenvalue weighted by molar-refractivity contribution is -0.143. The van der Waals surface area contributed by atoms with Crippen molar-refractivity contribution in [2.45, 2.75) is 239 Å². The van der Waals surface area contributed by atoms with Crippen molar-refractivity contribution in [2.75, 3.05) is 39.9 Å². The molecule has 3 N–H and O–H groups in total. The van der Waals surface area contributed by atoms with Gasteiger partial charge in [0, 0.05) is 13.0 Å². The maximum Gasteiger partial charge on any atom is 0.305 e. The van der Waals surface area contributed by atoms with E-state index in [9.17, 15) is 4.79 Å². The van der Waals surface area contributed by atoms with E-state index in [1.807, 2.05) is 0 Å². The van der Waals surface area contributed by atoms with Crippen molar-refractivity contribution >= 4 is 11.9 Å². The number of nitrogens with two attached hydrogens (primary N) is 1. The van der Waals surface area contributed by atoms with Gasteiger partial charge in [0.05, 0.1) is 13.7 Å². The van der Waals surface area contributed by atoms with Gasteiger partial charge < -0.3 is 15.4 Å². The van der Waals surface area contributed by atoms with Crippen molar-refractivity contribution in [3.8, 4) is 0 Å². The molecule has 0 fully saturated rings. The molecule has 0 heterocycles. The molecular weight excluding hydrogens is 657 g/mol. The number of ether oxygens (including phenoxy) is 1. The number of carbonyl (C=O) groups is 1. The Labute approximate surface area is 331 Å². The molecule has 0 aliphatic carbocycles. The minimum absolute atomic E-state index is 0.00713. The van der Waals surface area contributed by atoms with E-state index in [2.05, 4.69) is 36.1 Å². The number of hydrogen-bond donors (Lipinski definition) is 2. The quantitative estimate of drug-likeness (QED) is 0.0212. The smallest absolute Gasteiger partial charge is 0.305 e. The number of esters is 1. The molecule has 0 aliphatic heterocycles. The summed E-state index contributed by atoms with van der Waals surface area (Å²) < 4.78 is 5.46. The van der Waals surface area contributed by atoms with Gasteiger partial charge in [0.2, 0.25) is 5.96 Å². The van der Waals surface area contributed by atoms with Gasteiger partial charge in [-0.25, -0.2) is 5.48 Å². The number of hydrogen-bond acceptors (Lipinski definition) is 5. The lowest BCUT2D eigenvalue weighted by Gasteiger charge is -2.22. The van der Waals surface area contributed by atoms with Crippen LogP contribution in [0.5, 0.6) is 0 Å². The summed E-state index contributed by atoms with van der Waals surface area (Å²) in [5.74, 6) is 1.31. The number of guanidine groups is 1. The topological polar surface area (TPSA) is 89.2 Å². The van der Waals surface area contributed by atoms with Crippen LogP contribution in [-0.2, 0) is 14.4 Å². The molecular formula is C46H94N4O3. The van der Waals surface area contributed by atoms with Crippen LogP contribution in [0.3, 0.4) is 0 Å². The zero-order valence-corrected chi connectivity index (χ0v) is 36.4. The van der Waals surface area contributed by atoms with E-state index in [1.165, 1.54) is 193 Å². The van der Waals surface area contributed by atoms with E-state index in [-0.39, 0.29) is 5.97 Å². The minimum atomic E-state index is -0.00713. The van der Waals surface area contributed by atoms with Crippen molar-refractivity contribution in [1.82, 2.24) is 10.4 Å². The second-order valence-electron chi connectivity index (χ2n) is 16.2. The van der Waals surface area contributed by atoms with Crippen LogP contribution < -0.4 is 11.2 Å². The van der Waals surface area contributed by atoms with Crippen LogP contribution in [0.25, 0.3) is 0 Å². The van der Waals surface area contributed by atoms with E-state index < -0.39 is 0 Å². The number of nitrogens with zero attached hydrogens (tertiary/aromatic N) is 2. The normalized spacial score (nSPS) is 12.0. The van der Waals surface area contributed by atoms with Crippen LogP contribution in [0.4, 0.5) is 0 Å². The second kappa shape index (κ2) is 43.4. The Hall–Kier alpha value is -1.34. The number of hydroxylamine groups is 1. The van der Waals surface area contributed by atoms with Gasteiger partial charge in [-0.15, -0.1) is 0 Å². The number of aliphatic imine (C=N–C) groups is 1. The van der Waals surface area contributed by atoms with Crippen molar-refractivity contribution in [2.24, 2.45) is 16.6 Å². The monoisotopic (exact) mass is 751 g/mol. The summed E-state index contributed by atoms with van der Waals surface area (Å²) in [7, 11) is 1.55. The van der Waals surface area contributed by atoms with Crippen molar-refractivity contribution in [1.29, 1.82) is 0 Å². The highest BCUT2D eigenvalue weighted by Crippen LogP contribution is 2.25. The third-order valence-corrected chi connectivity index (χ3v) is 11.0. The third-order valence-electron chi connectivity index (χ3n) is 11.0. The standard InChI is InChI=1S/C46H94N4O3/c1-5-8-11-14-17-26-33-43-53-45(51)38-30-23-19-25-32-41-50(42-34-39-48-46(47)49-52-4)40-31-24-18-22-29-37-44(35-27-20-15-12-9-6-2)36-28-21-16-13-10-7-3/h44H,5-43H2,1-4H3,(H3,47,48,49). The summed E-state index contributed by atoms with van der Waals surface area (Å²) >= 11 is 0. The summed E-state index contributed by atoms with van der Waals surface area (Å²) in [6.45, 7) is 11.6. The molecule has 0 amide bonds. The molecule has 0 saturated heterocycles. The minimum Gasteiger partial charge on any atom is -0.466 e. The Morgan fingerprint density at radius 3 is 1.42 bits per heavy atom. The number of carbonyl (C=O) groups excluding carboxylic acids is 1. The highest BCUT2D eigenvalue weighted by molar-refractivity contribution is 5.76.